The van der Waals surface area contributed by atoms with Crippen molar-refractivity contribution >= 4 is 11.7 Å². The van der Waals surface area contributed by atoms with Crippen molar-refractivity contribution in [3.05, 3.63) is 54.1 Å². The number of nitrogens with zero attached hydrogens (tertiary/aromatic N) is 6. The molecule has 0 aliphatic carbocycles. The van der Waals surface area contributed by atoms with Gasteiger partial charge in [-0.2, -0.15) is 4.68 Å². The first-order chi connectivity index (χ1) is 15.6. The maximum atomic E-state index is 13.2. The summed E-state index contributed by atoms with van der Waals surface area (Å²) in [6.45, 7) is 2.98. The summed E-state index contributed by atoms with van der Waals surface area (Å²) in [6.07, 6.45) is 0. The molecule has 0 spiro atoms. The van der Waals surface area contributed by atoms with Gasteiger partial charge in [-0.1, -0.05) is 0 Å². The van der Waals surface area contributed by atoms with E-state index in [1.54, 1.807) is 54.1 Å². The number of carbonyl (C=O) groups is 1. The highest BCUT2D eigenvalue weighted by Gasteiger charge is 2.23. The van der Waals surface area contributed by atoms with Crippen molar-refractivity contribution in [2.24, 2.45) is 0 Å². The van der Waals surface area contributed by atoms with Crippen LogP contribution in [0.5, 0.6) is 11.5 Å². The van der Waals surface area contributed by atoms with Crippen LogP contribution in [0.1, 0.15) is 5.82 Å². The smallest absolute Gasteiger partial charge is 0.322 e. The summed E-state index contributed by atoms with van der Waals surface area (Å²) in [5, 5.41) is 14.8. The van der Waals surface area contributed by atoms with Crippen molar-refractivity contribution in [1.29, 1.82) is 0 Å². The second kappa shape index (κ2) is 9.60. The van der Waals surface area contributed by atoms with Crippen molar-refractivity contribution in [1.82, 2.24) is 30.0 Å². The van der Waals surface area contributed by atoms with Gasteiger partial charge in [0.05, 0.1) is 32.1 Å². The number of amides is 2. The zero-order valence-corrected chi connectivity index (χ0v) is 17.9. The number of rotatable bonds is 6. The fourth-order valence-corrected chi connectivity index (χ4v) is 3.49. The SMILES string of the molecule is COc1ccc(NC(=O)N2CCN(Cc3nnnn3-c3ccc(F)cc3)CC2)c(OC)c1. The second-order valence-corrected chi connectivity index (χ2v) is 7.24. The van der Waals surface area contributed by atoms with Crippen molar-refractivity contribution in [2.75, 3.05) is 45.7 Å². The molecule has 0 radical (unpaired) electrons. The van der Waals surface area contributed by atoms with Crippen LogP contribution in [0.2, 0.25) is 0 Å². The third-order valence-electron chi connectivity index (χ3n) is 5.28. The molecule has 1 aliphatic heterocycles. The standard InChI is InChI=1S/C21H24FN7O3/c1-31-17-7-8-18(19(13-17)32-2)23-21(30)28-11-9-27(10-12-28)14-20-24-25-26-29(20)16-5-3-15(22)4-6-16/h3-8,13H,9-12,14H2,1-2H3,(H,23,30). The Morgan fingerprint density at radius 2 is 1.81 bits per heavy atom. The van der Waals surface area contributed by atoms with Crippen LogP contribution in [0.3, 0.4) is 0 Å². The minimum Gasteiger partial charge on any atom is -0.497 e. The number of hydrogen-bond acceptors (Lipinski definition) is 7. The predicted octanol–water partition coefficient (Wildman–Crippen LogP) is 2.17. The van der Waals surface area contributed by atoms with Gasteiger partial charge < -0.3 is 19.7 Å². The highest BCUT2D eigenvalue weighted by Crippen LogP contribution is 2.29. The molecule has 2 heterocycles. The Morgan fingerprint density at radius 1 is 1.06 bits per heavy atom. The molecule has 0 atom stereocenters. The van der Waals surface area contributed by atoms with Crippen LogP contribution in [0, 0.1) is 5.82 Å². The molecular formula is C21H24FN7O3. The first-order valence-electron chi connectivity index (χ1n) is 10.1. The fraction of sp³-hybridized carbons (Fsp3) is 0.333. The molecule has 0 bridgehead atoms. The molecule has 1 N–H and O–H groups in total. The number of urea groups is 1. The first-order valence-corrected chi connectivity index (χ1v) is 10.1. The summed E-state index contributed by atoms with van der Waals surface area (Å²) in [6, 6.07) is 11.0. The minimum atomic E-state index is -0.315. The molecule has 2 amide bonds. The Morgan fingerprint density at radius 3 is 2.50 bits per heavy atom. The molecule has 11 heteroatoms. The highest BCUT2D eigenvalue weighted by atomic mass is 19.1. The van der Waals surface area contributed by atoms with E-state index < -0.39 is 0 Å². The van der Waals surface area contributed by atoms with Gasteiger partial charge in [0.2, 0.25) is 0 Å². The molecule has 1 aliphatic rings. The van der Waals surface area contributed by atoms with Gasteiger partial charge in [0, 0.05) is 32.2 Å². The summed E-state index contributed by atoms with van der Waals surface area (Å²) in [4.78, 5) is 16.6. The van der Waals surface area contributed by atoms with Crippen LogP contribution in [0.25, 0.3) is 5.69 Å². The fourth-order valence-electron chi connectivity index (χ4n) is 3.49. The van der Waals surface area contributed by atoms with E-state index in [1.807, 2.05) is 0 Å². The normalized spacial score (nSPS) is 14.3. The number of tetrazole rings is 1. The number of benzene rings is 2. The van der Waals surface area contributed by atoms with Gasteiger partial charge in [-0.15, -0.1) is 5.10 Å². The van der Waals surface area contributed by atoms with Crippen LogP contribution < -0.4 is 14.8 Å². The average Bonchev–Trinajstić information content (AvgIpc) is 3.28. The Balaban J connectivity index is 1.34. The minimum absolute atomic E-state index is 0.190. The summed E-state index contributed by atoms with van der Waals surface area (Å²) in [5.41, 5.74) is 1.28. The molecule has 4 rings (SSSR count). The van der Waals surface area contributed by atoms with Gasteiger partial charge in [0.15, 0.2) is 5.82 Å². The lowest BCUT2D eigenvalue weighted by molar-refractivity contribution is 0.140. The van der Waals surface area contributed by atoms with Crippen molar-refractivity contribution in [2.45, 2.75) is 6.54 Å². The van der Waals surface area contributed by atoms with Crippen molar-refractivity contribution in [3.8, 4) is 17.2 Å². The van der Waals surface area contributed by atoms with Gasteiger partial charge in [-0.3, -0.25) is 4.90 Å². The number of anilines is 1. The van der Waals surface area contributed by atoms with Gasteiger partial charge in [-0.05, 0) is 46.8 Å². The van der Waals surface area contributed by atoms with Crippen molar-refractivity contribution in [3.63, 3.8) is 0 Å². The van der Waals surface area contributed by atoms with E-state index in [0.717, 1.165) is 0 Å². The molecular weight excluding hydrogens is 417 g/mol. The summed E-state index contributed by atoms with van der Waals surface area (Å²) < 4.78 is 25.3. The maximum absolute atomic E-state index is 13.2. The van der Waals surface area contributed by atoms with Crippen LogP contribution in [-0.4, -0.2) is 76.4 Å². The summed E-state index contributed by atoms with van der Waals surface area (Å²) >= 11 is 0. The number of nitrogens with one attached hydrogen (secondary N) is 1. The third kappa shape index (κ3) is 4.78. The van der Waals surface area contributed by atoms with Gasteiger partial charge >= 0.3 is 6.03 Å². The number of aromatic nitrogens is 4. The molecule has 2 aromatic carbocycles. The van der Waals surface area contributed by atoms with Crippen LogP contribution in [-0.2, 0) is 6.54 Å². The molecule has 1 aromatic heterocycles. The lowest BCUT2D eigenvalue weighted by atomic mass is 10.2. The Bertz CT molecular complexity index is 1070. The third-order valence-corrected chi connectivity index (χ3v) is 5.28. The summed E-state index contributed by atoms with van der Waals surface area (Å²) in [5.74, 6) is 1.52. The molecule has 0 unspecified atom stereocenters. The lowest BCUT2D eigenvalue weighted by Gasteiger charge is -2.34. The number of halogens is 1. The molecule has 10 nitrogen and oxygen atoms in total. The number of piperazine rings is 1. The molecule has 168 valence electrons. The van der Waals surface area contributed by atoms with E-state index >= 15 is 0 Å². The van der Waals surface area contributed by atoms with Crippen LogP contribution >= 0.6 is 0 Å². The number of methoxy groups -OCH3 is 2. The van der Waals surface area contributed by atoms with E-state index in [-0.39, 0.29) is 11.8 Å². The van der Waals surface area contributed by atoms with Crippen LogP contribution in [0.4, 0.5) is 14.9 Å². The number of ether oxygens (including phenoxy) is 2. The number of hydrogen-bond donors (Lipinski definition) is 1. The molecule has 1 saturated heterocycles. The monoisotopic (exact) mass is 441 g/mol. The predicted molar refractivity (Wildman–Crippen MR) is 115 cm³/mol. The zero-order chi connectivity index (χ0) is 22.5. The quantitative estimate of drug-likeness (QED) is 0.626. The highest BCUT2D eigenvalue weighted by molar-refractivity contribution is 5.91. The Hall–Kier alpha value is -3.73. The zero-order valence-electron chi connectivity index (χ0n) is 17.9. The first kappa shape index (κ1) is 21.5. The van der Waals surface area contributed by atoms with Crippen LogP contribution in [0.15, 0.2) is 42.5 Å². The summed E-state index contributed by atoms with van der Waals surface area (Å²) in [7, 11) is 3.12. The van der Waals surface area contributed by atoms with Crippen molar-refractivity contribution < 1.29 is 18.7 Å². The van der Waals surface area contributed by atoms with Gasteiger partial charge in [0.25, 0.3) is 0 Å². The Labute approximate surface area is 184 Å². The topological polar surface area (TPSA) is 97.6 Å². The average molecular weight is 441 g/mol. The van der Waals surface area contributed by atoms with Gasteiger partial charge in [-0.25, -0.2) is 9.18 Å². The van der Waals surface area contributed by atoms with Gasteiger partial charge in [0.1, 0.15) is 17.3 Å². The molecule has 3 aromatic rings. The second-order valence-electron chi connectivity index (χ2n) is 7.24. The molecule has 0 saturated carbocycles. The Kier molecular flexibility index (Phi) is 6.45. The van der Waals surface area contributed by atoms with E-state index in [0.29, 0.717) is 61.4 Å². The molecule has 32 heavy (non-hydrogen) atoms. The lowest BCUT2D eigenvalue weighted by Crippen LogP contribution is -2.49. The largest absolute Gasteiger partial charge is 0.497 e. The van der Waals surface area contributed by atoms with E-state index in [2.05, 4.69) is 25.7 Å². The van der Waals surface area contributed by atoms with E-state index in [4.69, 9.17) is 9.47 Å². The maximum Gasteiger partial charge on any atom is 0.322 e. The van der Waals surface area contributed by atoms with E-state index in [9.17, 15) is 9.18 Å². The number of carbonyl (C=O) groups excluding carboxylic acids is 1. The van der Waals surface area contributed by atoms with E-state index in [1.165, 1.54) is 12.1 Å². The molecule has 1 fully saturated rings.